The maximum Gasteiger partial charge on any atom is 0.294 e. The smallest absolute Gasteiger partial charge is 0.294 e. The molecule has 26 heavy (non-hydrogen) atoms. The Labute approximate surface area is 151 Å². The Bertz CT molecular complexity index is 830. The lowest BCUT2D eigenvalue weighted by Crippen LogP contribution is -2.29. The Morgan fingerprint density at radius 1 is 1.31 bits per heavy atom. The Balaban J connectivity index is 2.01. The molecular formula is C11H13N5O8S2. The molecule has 0 bridgehead atoms. The summed E-state index contributed by atoms with van der Waals surface area (Å²) in [5.74, 6) is 0. The zero-order chi connectivity index (χ0) is 19.3. The number of hydrogen-bond acceptors (Lipinski definition) is 11. The van der Waals surface area contributed by atoms with Crippen LogP contribution >= 0.6 is 11.9 Å². The van der Waals surface area contributed by atoms with Crippen molar-refractivity contribution in [3.63, 3.8) is 0 Å². The first-order valence-corrected chi connectivity index (χ1v) is 9.21. The Hall–Kier alpha value is -2.65. The van der Waals surface area contributed by atoms with Crippen molar-refractivity contribution in [2.24, 2.45) is 10.1 Å². The number of hydrogen-bond donors (Lipinski definition) is 1. The summed E-state index contributed by atoms with van der Waals surface area (Å²) in [5.41, 5.74) is 0.536. The van der Waals surface area contributed by atoms with Gasteiger partial charge in [0, 0.05) is 6.54 Å². The molecule has 1 aromatic carbocycles. The molecule has 13 nitrogen and oxygen atoms in total. The van der Waals surface area contributed by atoms with E-state index in [1.54, 1.807) is 4.31 Å². The molecule has 1 aliphatic heterocycles. The van der Waals surface area contributed by atoms with Gasteiger partial charge in [-0.2, -0.15) is 0 Å². The second-order valence-electron chi connectivity index (χ2n) is 4.91. The van der Waals surface area contributed by atoms with Gasteiger partial charge in [-0.3, -0.25) is 0 Å². The lowest BCUT2D eigenvalue weighted by Gasteiger charge is -2.24. The van der Waals surface area contributed by atoms with E-state index in [4.69, 9.17) is 5.14 Å². The number of fused-ring (bicyclic) bond motifs is 1. The van der Waals surface area contributed by atoms with Crippen molar-refractivity contribution in [1.29, 1.82) is 0 Å². The van der Waals surface area contributed by atoms with E-state index in [0.717, 1.165) is 11.9 Å². The predicted octanol–water partition coefficient (Wildman–Crippen LogP) is 0.492. The lowest BCUT2D eigenvalue weighted by atomic mass is 10.3. The van der Waals surface area contributed by atoms with Crippen LogP contribution in [0, 0.1) is 20.2 Å². The lowest BCUT2D eigenvalue weighted by molar-refractivity contribution is -0.790. The highest BCUT2D eigenvalue weighted by Gasteiger charge is 2.20. The van der Waals surface area contributed by atoms with Gasteiger partial charge in [0.15, 0.2) is 0 Å². The summed E-state index contributed by atoms with van der Waals surface area (Å²) in [7, 11) is -3.87. The topological polar surface area (TPSA) is 180 Å². The summed E-state index contributed by atoms with van der Waals surface area (Å²) in [6.45, 7) is -0.428. The van der Waals surface area contributed by atoms with Crippen molar-refractivity contribution >= 4 is 34.0 Å². The standard InChI is InChI=1S/C11H13N5O8S2/c12-26(21,22)9-1-2-10-11(5-9)25-14(7-13-10)4-3-8(24-16(19)20)6-23-15(17)18/h1-2,5,7-8H,3-4,6H2,(H2,12,21,22)/t8-/m0/s1. The molecule has 0 unspecified atom stereocenters. The molecular weight excluding hydrogens is 394 g/mol. The van der Waals surface area contributed by atoms with Crippen LogP contribution in [0.3, 0.4) is 0 Å². The molecule has 0 aliphatic carbocycles. The fourth-order valence-electron chi connectivity index (χ4n) is 1.93. The Morgan fingerprint density at radius 2 is 2.04 bits per heavy atom. The normalized spacial score (nSPS) is 14.4. The number of primary sulfonamides is 1. The maximum atomic E-state index is 11.4. The van der Waals surface area contributed by atoms with E-state index in [-0.39, 0.29) is 17.9 Å². The number of nitrogens with zero attached hydrogens (tertiary/aromatic N) is 4. The molecule has 0 fully saturated rings. The molecule has 0 saturated heterocycles. The first kappa shape index (κ1) is 19.7. The van der Waals surface area contributed by atoms with E-state index < -0.39 is 32.9 Å². The van der Waals surface area contributed by atoms with Gasteiger partial charge in [-0.15, -0.1) is 20.2 Å². The third kappa shape index (κ3) is 5.71. The second-order valence-corrected chi connectivity index (χ2v) is 7.56. The van der Waals surface area contributed by atoms with Crippen LogP contribution in [0.4, 0.5) is 5.69 Å². The minimum absolute atomic E-state index is 0.0258. The number of sulfonamides is 1. The van der Waals surface area contributed by atoms with Crippen molar-refractivity contribution in [2.75, 3.05) is 13.2 Å². The van der Waals surface area contributed by atoms with Crippen molar-refractivity contribution in [1.82, 2.24) is 4.31 Å². The Morgan fingerprint density at radius 3 is 2.65 bits per heavy atom. The van der Waals surface area contributed by atoms with Crippen molar-refractivity contribution in [3.05, 3.63) is 38.4 Å². The van der Waals surface area contributed by atoms with Crippen LogP contribution in [0.1, 0.15) is 6.42 Å². The second kappa shape index (κ2) is 8.15. The third-order valence-corrected chi connectivity index (χ3v) is 5.02. The quantitative estimate of drug-likeness (QED) is 0.343. The highest BCUT2D eigenvalue weighted by Crippen LogP contribution is 2.36. The van der Waals surface area contributed by atoms with Gasteiger partial charge in [0.05, 0.1) is 15.5 Å². The zero-order valence-corrected chi connectivity index (χ0v) is 14.6. The minimum Gasteiger partial charge on any atom is -0.312 e. The summed E-state index contributed by atoms with van der Waals surface area (Å²) in [6, 6.07) is 4.19. The van der Waals surface area contributed by atoms with E-state index >= 15 is 0 Å². The van der Waals surface area contributed by atoms with Gasteiger partial charge in [0.1, 0.15) is 19.0 Å². The summed E-state index contributed by atoms with van der Waals surface area (Å²) in [4.78, 5) is 33.7. The van der Waals surface area contributed by atoms with Crippen LogP contribution in [0.15, 0.2) is 33.0 Å². The van der Waals surface area contributed by atoms with Crippen molar-refractivity contribution in [2.45, 2.75) is 22.3 Å². The molecule has 15 heteroatoms. The largest absolute Gasteiger partial charge is 0.312 e. The third-order valence-electron chi connectivity index (χ3n) is 3.07. The number of benzene rings is 1. The molecule has 2 rings (SSSR count). The van der Waals surface area contributed by atoms with Gasteiger partial charge in [-0.25, -0.2) is 18.5 Å². The van der Waals surface area contributed by atoms with Gasteiger partial charge < -0.3 is 14.0 Å². The molecule has 1 aliphatic rings. The number of nitrogens with two attached hydrogens (primary N) is 1. The van der Waals surface area contributed by atoms with Crippen LogP contribution < -0.4 is 5.14 Å². The summed E-state index contributed by atoms with van der Waals surface area (Å²) in [6.07, 6.45) is 0.320. The van der Waals surface area contributed by atoms with Crippen LogP contribution in [0.5, 0.6) is 0 Å². The number of aliphatic imine (C=N–C) groups is 1. The van der Waals surface area contributed by atoms with Crippen molar-refractivity contribution < 1.29 is 28.3 Å². The average Bonchev–Trinajstić information content (AvgIpc) is 2.55. The molecule has 1 heterocycles. The molecule has 0 amide bonds. The molecule has 0 aromatic heterocycles. The summed E-state index contributed by atoms with van der Waals surface area (Å²) in [5, 5.41) is 23.6. The fraction of sp³-hybridized carbons (Fsp3) is 0.364. The van der Waals surface area contributed by atoms with Crippen LogP contribution in [0.2, 0.25) is 0 Å². The molecule has 1 aromatic rings. The fourth-order valence-corrected chi connectivity index (χ4v) is 3.49. The van der Waals surface area contributed by atoms with Gasteiger partial charge in [-0.1, -0.05) is 0 Å². The maximum absolute atomic E-state index is 11.4. The van der Waals surface area contributed by atoms with Gasteiger partial charge in [0.25, 0.3) is 10.2 Å². The molecule has 1 atom stereocenters. The van der Waals surface area contributed by atoms with Gasteiger partial charge in [-0.05, 0) is 36.6 Å². The zero-order valence-electron chi connectivity index (χ0n) is 13.0. The van der Waals surface area contributed by atoms with Gasteiger partial charge in [0.2, 0.25) is 10.0 Å². The van der Waals surface area contributed by atoms with E-state index in [0.29, 0.717) is 10.6 Å². The highest BCUT2D eigenvalue weighted by atomic mass is 32.2. The first-order valence-electron chi connectivity index (χ1n) is 6.89. The molecule has 0 radical (unpaired) electrons. The van der Waals surface area contributed by atoms with Crippen molar-refractivity contribution in [3.8, 4) is 0 Å². The summed E-state index contributed by atoms with van der Waals surface area (Å²) < 4.78 is 24.4. The predicted molar refractivity (Wildman–Crippen MR) is 88.0 cm³/mol. The Kier molecular flexibility index (Phi) is 6.17. The van der Waals surface area contributed by atoms with Crippen LogP contribution in [-0.2, 0) is 19.7 Å². The minimum atomic E-state index is -3.87. The van der Waals surface area contributed by atoms with Crippen LogP contribution in [0.25, 0.3) is 0 Å². The number of rotatable bonds is 9. The average molecular weight is 407 g/mol. The van der Waals surface area contributed by atoms with E-state index in [1.165, 1.54) is 24.5 Å². The highest BCUT2D eigenvalue weighted by molar-refractivity contribution is 7.97. The molecule has 2 N–H and O–H groups in total. The monoisotopic (exact) mass is 407 g/mol. The molecule has 142 valence electrons. The first-order chi connectivity index (χ1) is 12.1. The van der Waals surface area contributed by atoms with E-state index in [1.807, 2.05) is 0 Å². The SMILES string of the molecule is NS(=O)(=O)c1ccc2c(c1)SN(CC[C@@H](CO[N+](=O)[O-])O[N+](=O)[O-])C=N2. The molecule has 0 saturated carbocycles. The molecule has 0 spiro atoms. The van der Waals surface area contributed by atoms with E-state index in [9.17, 15) is 28.6 Å². The van der Waals surface area contributed by atoms with E-state index in [2.05, 4.69) is 14.7 Å². The summed E-state index contributed by atoms with van der Waals surface area (Å²) >= 11 is 1.14. The van der Waals surface area contributed by atoms with Crippen LogP contribution in [-0.4, -0.2) is 48.5 Å². The van der Waals surface area contributed by atoms with Gasteiger partial charge >= 0.3 is 0 Å².